The molecule has 6 heteroatoms. The molecule has 0 aliphatic carbocycles. The van der Waals surface area contributed by atoms with Crippen molar-refractivity contribution in [3.8, 4) is 0 Å². The van der Waals surface area contributed by atoms with Crippen LogP contribution in [0.5, 0.6) is 0 Å². The molecule has 0 unspecified atom stereocenters. The van der Waals surface area contributed by atoms with Crippen LogP contribution in [0, 0.1) is 0 Å². The van der Waals surface area contributed by atoms with Crippen molar-refractivity contribution < 1.29 is 14.3 Å². The van der Waals surface area contributed by atoms with Crippen molar-refractivity contribution in [3.63, 3.8) is 0 Å². The number of ether oxygens (including phenoxy) is 2. The fraction of sp³-hybridized carbons (Fsp3) is 0.385. The molecule has 1 fully saturated rings. The second kappa shape index (κ2) is 6.27. The zero-order valence-corrected chi connectivity index (χ0v) is 12.1. The fourth-order valence-corrected chi connectivity index (χ4v) is 1.98. The van der Waals surface area contributed by atoms with Gasteiger partial charge in [-0.1, -0.05) is 28.1 Å². The number of nitrogens with zero attached hydrogens (tertiary/aromatic N) is 1. The predicted molar refractivity (Wildman–Crippen MR) is 74.8 cm³/mol. The van der Waals surface area contributed by atoms with Crippen molar-refractivity contribution in [1.29, 1.82) is 0 Å². The van der Waals surface area contributed by atoms with E-state index in [1.165, 1.54) is 0 Å². The van der Waals surface area contributed by atoms with Crippen LogP contribution in [-0.2, 0) is 14.3 Å². The first kappa shape index (κ1) is 14.2. The first-order valence-corrected chi connectivity index (χ1v) is 6.72. The summed E-state index contributed by atoms with van der Waals surface area (Å²) in [5.41, 5.74) is 3.36. The molecule has 0 saturated carbocycles. The van der Waals surface area contributed by atoms with Crippen molar-refractivity contribution in [1.82, 2.24) is 5.43 Å². The van der Waals surface area contributed by atoms with Gasteiger partial charge in [-0.05, 0) is 24.6 Å². The lowest BCUT2D eigenvalue weighted by molar-refractivity contribution is -0.159. The van der Waals surface area contributed by atoms with Gasteiger partial charge in [-0.15, -0.1) is 0 Å². The number of carbonyl (C=O) groups excluding carboxylic acids is 1. The molecule has 1 aromatic carbocycles. The summed E-state index contributed by atoms with van der Waals surface area (Å²) in [4.78, 5) is 11.7. The molecule has 1 amide bonds. The molecule has 5 nitrogen and oxygen atoms in total. The molecule has 1 N–H and O–H groups in total. The summed E-state index contributed by atoms with van der Waals surface area (Å²) in [6.07, 6.45) is 1.72. The SMILES string of the molecule is CC1(CC(=O)N/N=C/c2ccc(Br)cc2)OCCO1. The molecule has 0 atom stereocenters. The second-order valence-corrected chi connectivity index (χ2v) is 5.27. The Morgan fingerprint density at radius 1 is 1.42 bits per heavy atom. The smallest absolute Gasteiger partial charge is 0.245 e. The number of halogens is 1. The van der Waals surface area contributed by atoms with E-state index in [4.69, 9.17) is 9.47 Å². The number of nitrogens with one attached hydrogen (secondary N) is 1. The standard InChI is InChI=1S/C13H15BrN2O3/c1-13(18-6-7-19-13)8-12(17)16-15-9-10-2-4-11(14)5-3-10/h2-5,9H,6-8H2,1H3,(H,16,17)/b15-9+. The van der Waals surface area contributed by atoms with Crippen LogP contribution in [0.25, 0.3) is 0 Å². The van der Waals surface area contributed by atoms with Gasteiger partial charge in [-0.3, -0.25) is 4.79 Å². The summed E-state index contributed by atoms with van der Waals surface area (Å²) in [7, 11) is 0. The summed E-state index contributed by atoms with van der Waals surface area (Å²) in [6.45, 7) is 2.79. The molecular formula is C13H15BrN2O3. The van der Waals surface area contributed by atoms with Gasteiger partial charge in [0.05, 0.1) is 25.8 Å². The maximum Gasteiger partial charge on any atom is 0.245 e. The topological polar surface area (TPSA) is 59.9 Å². The van der Waals surface area contributed by atoms with Crippen LogP contribution in [0.3, 0.4) is 0 Å². The molecule has 0 spiro atoms. The summed E-state index contributed by atoms with van der Waals surface area (Å²) in [5.74, 6) is -1.06. The Morgan fingerprint density at radius 3 is 2.68 bits per heavy atom. The zero-order valence-electron chi connectivity index (χ0n) is 10.6. The van der Waals surface area contributed by atoms with E-state index in [1.807, 2.05) is 24.3 Å². The van der Waals surface area contributed by atoms with Crippen molar-refractivity contribution >= 4 is 28.1 Å². The highest BCUT2D eigenvalue weighted by atomic mass is 79.9. The van der Waals surface area contributed by atoms with Gasteiger partial charge in [0.1, 0.15) is 0 Å². The van der Waals surface area contributed by atoms with Gasteiger partial charge in [0, 0.05) is 4.47 Å². The average molecular weight is 327 g/mol. The maximum absolute atomic E-state index is 11.7. The van der Waals surface area contributed by atoms with Gasteiger partial charge in [0.15, 0.2) is 5.79 Å². The normalized spacial score (nSPS) is 17.8. The van der Waals surface area contributed by atoms with Crippen molar-refractivity contribution in [3.05, 3.63) is 34.3 Å². The number of amides is 1. The first-order valence-electron chi connectivity index (χ1n) is 5.93. The van der Waals surface area contributed by atoms with Crippen LogP contribution < -0.4 is 5.43 Å². The van der Waals surface area contributed by atoms with Crippen molar-refractivity contribution in [2.24, 2.45) is 5.10 Å². The molecule has 0 radical (unpaired) electrons. The van der Waals surface area contributed by atoms with Crippen LogP contribution in [0.1, 0.15) is 18.9 Å². The van der Waals surface area contributed by atoms with E-state index in [-0.39, 0.29) is 12.3 Å². The largest absolute Gasteiger partial charge is 0.347 e. The number of carbonyl (C=O) groups is 1. The van der Waals surface area contributed by atoms with Gasteiger partial charge >= 0.3 is 0 Å². The number of hydrogen-bond acceptors (Lipinski definition) is 4. The molecule has 102 valence electrons. The lowest BCUT2D eigenvalue weighted by Gasteiger charge is -2.20. The zero-order chi connectivity index (χ0) is 13.7. The minimum atomic E-state index is -0.822. The van der Waals surface area contributed by atoms with E-state index < -0.39 is 5.79 Å². The number of benzene rings is 1. The van der Waals surface area contributed by atoms with E-state index in [9.17, 15) is 4.79 Å². The van der Waals surface area contributed by atoms with Crippen LogP contribution >= 0.6 is 15.9 Å². The number of rotatable bonds is 4. The number of hydrogen-bond donors (Lipinski definition) is 1. The Labute approximate surface area is 120 Å². The highest BCUT2D eigenvalue weighted by molar-refractivity contribution is 9.10. The molecule has 1 aliphatic heterocycles. The maximum atomic E-state index is 11.7. The minimum absolute atomic E-state index is 0.130. The van der Waals surface area contributed by atoms with Gasteiger partial charge in [-0.2, -0.15) is 5.10 Å². The Bertz CT molecular complexity index is 467. The Hall–Kier alpha value is -1.24. The molecule has 1 heterocycles. The van der Waals surface area contributed by atoms with Gasteiger partial charge in [0.25, 0.3) is 0 Å². The molecule has 19 heavy (non-hydrogen) atoms. The highest BCUT2D eigenvalue weighted by Crippen LogP contribution is 2.22. The highest BCUT2D eigenvalue weighted by Gasteiger charge is 2.33. The average Bonchev–Trinajstić information content (AvgIpc) is 2.78. The van der Waals surface area contributed by atoms with Crippen LogP contribution in [0.4, 0.5) is 0 Å². The predicted octanol–water partition coefficient (Wildman–Crippen LogP) is 2.05. The molecule has 0 bridgehead atoms. The van der Waals surface area contributed by atoms with Crippen molar-refractivity contribution in [2.75, 3.05) is 13.2 Å². The van der Waals surface area contributed by atoms with Crippen LogP contribution in [0.2, 0.25) is 0 Å². The summed E-state index contributed by atoms with van der Waals surface area (Å²) < 4.78 is 11.7. The lowest BCUT2D eigenvalue weighted by atomic mass is 10.2. The molecule has 0 aromatic heterocycles. The van der Waals surface area contributed by atoms with Gasteiger partial charge < -0.3 is 9.47 Å². The third-order valence-electron chi connectivity index (χ3n) is 2.65. The van der Waals surface area contributed by atoms with E-state index >= 15 is 0 Å². The first-order chi connectivity index (χ1) is 9.07. The third kappa shape index (κ3) is 4.41. The third-order valence-corrected chi connectivity index (χ3v) is 3.18. The van der Waals surface area contributed by atoms with Crippen molar-refractivity contribution in [2.45, 2.75) is 19.1 Å². The van der Waals surface area contributed by atoms with E-state index in [1.54, 1.807) is 13.1 Å². The van der Waals surface area contributed by atoms with E-state index in [2.05, 4.69) is 26.5 Å². The molecule has 2 rings (SSSR count). The quantitative estimate of drug-likeness (QED) is 0.680. The van der Waals surface area contributed by atoms with Crippen LogP contribution in [-0.4, -0.2) is 31.1 Å². The van der Waals surface area contributed by atoms with E-state index in [0.717, 1.165) is 10.0 Å². The van der Waals surface area contributed by atoms with Gasteiger partial charge in [-0.25, -0.2) is 5.43 Å². The molecule has 1 saturated heterocycles. The Balaban J connectivity index is 1.81. The second-order valence-electron chi connectivity index (χ2n) is 4.35. The Morgan fingerprint density at radius 2 is 2.05 bits per heavy atom. The molecule has 1 aromatic rings. The summed E-state index contributed by atoms with van der Waals surface area (Å²) in [6, 6.07) is 7.60. The number of hydrazone groups is 1. The van der Waals surface area contributed by atoms with Gasteiger partial charge in [0.2, 0.25) is 5.91 Å². The fourth-order valence-electron chi connectivity index (χ4n) is 1.72. The lowest BCUT2D eigenvalue weighted by Crippen LogP contribution is -2.33. The van der Waals surface area contributed by atoms with Crippen LogP contribution in [0.15, 0.2) is 33.8 Å². The minimum Gasteiger partial charge on any atom is -0.347 e. The van der Waals surface area contributed by atoms with E-state index in [0.29, 0.717) is 13.2 Å². The Kier molecular flexibility index (Phi) is 4.68. The molecular weight excluding hydrogens is 312 g/mol. The molecule has 1 aliphatic rings. The summed E-state index contributed by atoms with van der Waals surface area (Å²) >= 11 is 3.35. The monoisotopic (exact) mass is 326 g/mol. The summed E-state index contributed by atoms with van der Waals surface area (Å²) in [5, 5.41) is 3.89.